The number of aliphatic hydroxyl groups is 1. The number of nitrogens with one attached hydrogen (secondary N) is 1. The largest absolute Gasteiger partial charge is 0.380 e. The zero-order valence-corrected chi connectivity index (χ0v) is 20.6. The molecule has 0 unspecified atom stereocenters. The van der Waals surface area contributed by atoms with Gasteiger partial charge in [-0.15, -0.1) is 0 Å². The monoisotopic (exact) mass is 505 g/mol. The second-order valence-electron chi connectivity index (χ2n) is 10.4. The maximum Gasteiger partial charge on any atom is 0.254 e. The quantitative estimate of drug-likeness (QED) is 0.567. The van der Waals surface area contributed by atoms with E-state index in [4.69, 9.17) is 9.47 Å². The molecular formula is C25H36FN5O5. The van der Waals surface area contributed by atoms with Gasteiger partial charge in [0.05, 0.1) is 37.2 Å². The third-order valence-corrected chi connectivity index (χ3v) is 8.00. The molecule has 4 fully saturated rings. The molecule has 1 aromatic heterocycles. The summed E-state index contributed by atoms with van der Waals surface area (Å²) in [5.41, 5.74) is -1.29. The van der Waals surface area contributed by atoms with Crippen molar-refractivity contribution in [1.29, 1.82) is 0 Å². The average molecular weight is 506 g/mol. The normalized spacial score (nSPS) is 28.6. The second-order valence-corrected chi connectivity index (χ2v) is 10.4. The molecule has 5 rings (SSSR count). The number of anilines is 1. The summed E-state index contributed by atoms with van der Waals surface area (Å²) >= 11 is 0. The average Bonchev–Trinajstić information content (AvgIpc) is 3.42. The summed E-state index contributed by atoms with van der Waals surface area (Å²) in [5, 5.41) is 13.9. The van der Waals surface area contributed by atoms with Gasteiger partial charge in [-0.25, -0.2) is 14.4 Å². The fourth-order valence-electron chi connectivity index (χ4n) is 5.66. The fraction of sp³-hybridized carbons (Fsp3) is 0.760. The lowest BCUT2D eigenvalue weighted by Crippen LogP contribution is -2.64. The zero-order chi connectivity index (χ0) is 25.1. The lowest BCUT2D eigenvalue weighted by Gasteiger charge is -2.47. The summed E-state index contributed by atoms with van der Waals surface area (Å²) in [4.78, 5) is 38.0. The van der Waals surface area contributed by atoms with Crippen molar-refractivity contribution in [1.82, 2.24) is 20.2 Å². The molecule has 198 valence electrons. The van der Waals surface area contributed by atoms with Crippen molar-refractivity contribution in [3.8, 4) is 0 Å². The number of piperidine rings is 2. The summed E-state index contributed by atoms with van der Waals surface area (Å²) in [6, 6.07) is -0.601. The van der Waals surface area contributed by atoms with Gasteiger partial charge in [0.1, 0.15) is 11.7 Å². The van der Waals surface area contributed by atoms with E-state index in [2.05, 4.69) is 15.3 Å². The van der Waals surface area contributed by atoms with Crippen LogP contribution in [0.15, 0.2) is 12.4 Å². The minimum absolute atomic E-state index is 0.0121. The Bertz CT molecular complexity index is 916. The first-order valence-electron chi connectivity index (χ1n) is 13.2. The number of amides is 2. The highest BCUT2D eigenvalue weighted by Crippen LogP contribution is 2.35. The van der Waals surface area contributed by atoms with E-state index >= 15 is 0 Å². The van der Waals surface area contributed by atoms with Gasteiger partial charge in [-0.05, 0) is 57.8 Å². The number of hydrogen-bond acceptors (Lipinski definition) is 8. The minimum Gasteiger partial charge on any atom is -0.380 e. The summed E-state index contributed by atoms with van der Waals surface area (Å²) < 4.78 is 25.0. The van der Waals surface area contributed by atoms with Gasteiger partial charge in [0, 0.05) is 26.2 Å². The first-order chi connectivity index (χ1) is 17.4. The third-order valence-electron chi connectivity index (χ3n) is 8.00. The Hall–Kier alpha value is -2.37. The van der Waals surface area contributed by atoms with Crippen LogP contribution in [0.5, 0.6) is 0 Å². The molecule has 4 heterocycles. The van der Waals surface area contributed by atoms with Crippen molar-refractivity contribution < 1.29 is 28.6 Å². The number of likely N-dealkylation sites (tertiary alicyclic amines) is 1. The molecular weight excluding hydrogens is 469 g/mol. The number of carbonyl (C=O) groups is 2. The topological polar surface area (TPSA) is 117 Å². The van der Waals surface area contributed by atoms with Gasteiger partial charge in [-0.2, -0.15) is 0 Å². The molecule has 11 heteroatoms. The van der Waals surface area contributed by atoms with Crippen molar-refractivity contribution >= 4 is 17.8 Å². The van der Waals surface area contributed by atoms with Crippen LogP contribution in [0.2, 0.25) is 0 Å². The summed E-state index contributed by atoms with van der Waals surface area (Å²) in [5.74, 6) is -0.339. The number of nitrogens with zero attached hydrogens (tertiary/aromatic N) is 4. The van der Waals surface area contributed by atoms with Gasteiger partial charge in [-0.1, -0.05) is 0 Å². The van der Waals surface area contributed by atoms with Crippen molar-refractivity contribution in [2.45, 2.75) is 87.7 Å². The van der Waals surface area contributed by atoms with Crippen LogP contribution < -0.4 is 10.2 Å². The van der Waals surface area contributed by atoms with Crippen LogP contribution in [0.3, 0.4) is 0 Å². The number of carbonyl (C=O) groups excluding carboxylic acids is 2. The Balaban J connectivity index is 1.22. The smallest absolute Gasteiger partial charge is 0.254 e. The molecule has 2 amide bonds. The van der Waals surface area contributed by atoms with Crippen LogP contribution in [0.25, 0.3) is 0 Å². The van der Waals surface area contributed by atoms with E-state index in [1.54, 1.807) is 4.90 Å². The van der Waals surface area contributed by atoms with Crippen LogP contribution in [0.4, 0.5) is 10.3 Å². The predicted octanol–water partition coefficient (Wildman–Crippen LogP) is 1.17. The predicted molar refractivity (Wildman–Crippen MR) is 128 cm³/mol. The lowest BCUT2D eigenvalue weighted by molar-refractivity contribution is -0.168. The molecule has 0 bridgehead atoms. The maximum atomic E-state index is 13.3. The van der Waals surface area contributed by atoms with Gasteiger partial charge in [0.15, 0.2) is 5.82 Å². The molecule has 1 aromatic rings. The number of rotatable bonds is 7. The van der Waals surface area contributed by atoms with Crippen LogP contribution in [-0.2, 0) is 19.1 Å². The van der Waals surface area contributed by atoms with Crippen LogP contribution in [0.1, 0.15) is 57.8 Å². The Kier molecular flexibility index (Phi) is 7.68. The zero-order valence-electron chi connectivity index (χ0n) is 20.6. The first-order valence-corrected chi connectivity index (χ1v) is 13.2. The highest BCUT2D eigenvalue weighted by atomic mass is 19.1. The van der Waals surface area contributed by atoms with Gasteiger partial charge < -0.3 is 29.7 Å². The van der Waals surface area contributed by atoms with E-state index in [0.29, 0.717) is 51.5 Å². The number of aromatic nitrogens is 2. The third kappa shape index (κ3) is 5.47. The van der Waals surface area contributed by atoms with E-state index in [1.807, 2.05) is 4.90 Å². The standard InChI is InChI=1S/C25H36FN5O5/c26-17-14-27-24(28-15-17)30-11-6-18(7-12-30)36-16-20-19(29-22(32)21-5-2-13-35-21)4-1-10-31(20)23(33)25(34)8-3-9-25/h14-15,18-21,34H,1-13,16H2,(H,29,32)/t19-,20-,21+/m1/s1. The number of ether oxygens (including phenoxy) is 2. The van der Waals surface area contributed by atoms with Crippen LogP contribution in [0, 0.1) is 5.82 Å². The van der Waals surface area contributed by atoms with Gasteiger partial charge in [-0.3, -0.25) is 9.59 Å². The number of hydrogen-bond donors (Lipinski definition) is 2. The van der Waals surface area contributed by atoms with Crippen LogP contribution >= 0.6 is 0 Å². The van der Waals surface area contributed by atoms with Crippen molar-refractivity contribution in [2.24, 2.45) is 0 Å². The Labute approximate surface area is 210 Å². The molecule has 1 aliphatic carbocycles. The summed E-state index contributed by atoms with van der Waals surface area (Å²) in [6.45, 7) is 2.79. The lowest BCUT2D eigenvalue weighted by atomic mass is 9.78. The van der Waals surface area contributed by atoms with Gasteiger partial charge in [0.25, 0.3) is 5.91 Å². The highest BCUT2D eigenvalue weighted by molar-refractivity contribution is 5.86. The van der Waals surface area contributed by atoms with Gasteiger partial charge >= 0.3 is 0 Å². The van der Waals surface area contributed by atoms with E-state index in [9.17, 15) is 19.1 Å². The summed E-state index contributed by atoms with van der Waals surface area (Å²) in [7, 11) is 0. The van der Waals surface area contributed by atoms with E-state index in [0.717, 1.165) is 38.5 Å². The molecule has 0 aromatic carbocycles. The molecule has 4 aliphatic rings. The molecule has 3 aliphatic heterocycles. The number of halogens is 1. The van der Waals surface area contributed by atoms with Gasteiger partial charge in [0.2, 0.25) is 11.9 Å². The molecule has 3 saturated heterocycles. The molecule has 36 heavy (non-hydrogen) atoms. The van der Waals surface area contributed by atoms with Crippen molar-refractivity contribution in [3.05, 3.63) is 18.2 Å². The fourth-order valence-corrected chi connectivity index (χ4v) is 5.66. The Morgan fingerprint density at radius 2 is 1.86 bits per heavy atom. The Morgan fingerprint density at radius 3 is 2.50 bits per heavy atom. The Morgan fingerprint density at radius 1 is 1.11 bits per heavy atom. The van der Waals surface area contributed by atoms with E-state index in [1.165, 1.54) is 12.4 Å². The van der Waals surface area contributed by atoms with E-state index in [-0.39, 0.29) is 36.6 Å². The minimum atomic E-state index is -1.29. The molecule has 10 nitrogen and oxygen atoms in total. The molecule has 1 saturated carbocycles. The molecule has 0 spiro atoms. The van der Waals surface area contributed by atoms with Crippen molar-refractivity contribution in [2.75, 3.05) is 37.7 Å². The molecule has 3 atom stereocenters. The SMILES string of the molecule is O=C(N[C@@H]1CCCN(C(=O)C2(O)CCC2)[C@@H]1COC1CCN(c2ncc(F)cn2)CC1)[C@@H]1CCCO1. The van der Waals surface area contributed by atoms with E-state index < -0.39 is 17.5 Å². The highest BCUT2D eigenvalue weighted by Gasteiger charge is 2.48. The first kappa shape index (κ1) is 25.3. The molecule has 0 radical (unpaired) electrons. The molecule has 2 N–H and O–H groups in total. The van der Waals surface area contributed by atoms with Crippen LogP contribution in [-0.4, -0.2) is 94.5 Å². The van der Waals surface area contributed by atoms with Crippen molar-refractivity contribution in [3.63, 3.8) is 0 Å². The maximum absolute atomic E-state index is 13.3. The summed E-state index contributed by atoms with van der Waals surface area (Å²) in [6.07, 6.45) is 8.25. The second kappa shape index (κ2) is 10.9.